The molecule has 1 nitrogen and oxygen atoms in total. The normalized spacial score (nSPS) is 10.1. The first-order chi connectivity index (χ1) is 7.74. The summed E-state index contributed by atoms with van der Waals surface area (Å²) < 4.78 is 1.14. The number of anilines is 1. The smallest absolute Gasteiger partial charge is 0.0487 e. The van der Waals surface area contributed by atoms with Gasteiger partial charge in [0.25, 0.3) is 0 Å². The van der Waals surface area contributed by atoms with Gasteiger partial charge < -0.3 is 5.32 Å². The Morgan fingerprint density at radius 3 is 2.88 bits per heavy atom. The van der Waals surface area contributed by atoms with Crippen molar-refractivity contribution in [1.29, 1.82) is 0 Å². The first-order valence-corrected chi connectivity index (χ1v) is 6.64. The van der Waals surface area contributed by atoms with E-state index in [1.54, 1.807) is 0 Å². The second-order valence-corrected chi connectivity index (χ2v) is 4.90. The van der Waals surface area contributed by atoms with Gasteiger partial charge in [-0.25, -0.2) is 0 Å². The van der Waals surface area contributed by atoms with Crippen molar-refractivity contribution < 1.29 is 0 Å². The lowest BCUT2D eigenvalue weighted by Gasteiger charge is -2.09. The Morgan fingerprint density at radius 1 is 1.31 bits per heavy atom. The molecule has 0 aliphatic carbocycles. The highest BCUT2D eigenvalue weighted by Crippen LogP contribution is 2.23. The molecule has 16 heavy (non-hydrogen) atoms. The first kappa shape index (κ1) is 13.3. The lowest BCUT2D eigenvalue weighted by Crippen LogP contribution is -2.02. The van der Waals surface area contributed by atoms with Crippen LogP contribution >= 0.6 is 15.9 Å². The van der Waals surface area contributed by atoms with Crippen LogP contribution in [0.3, 0.4) is 0 Å². The van der Waals surface area contributed by atoms with Gasteiger partial charge in [-0.1, -0.05) is 18.6 Å². The molecule has 1 aromatic carbocycles. The Morgan fingerprint density at radius 2 is 2.12 bits per heavy atom. The van der Waals surface area contributed by atoms with E-state index in [1.807, 2.05) is 6.08 Å². The molecule has 0 aromatic heterocycles. The summed E-state index contributed by atoms with van der Waals surface area (Å²) in [6, 6.07) is 6.38. The van der Waals surface area contributed by atoms with Crippen molar-refractivity contribution in [3.05, 3.63) is 40.9 Å². The number of unbranched alkanes of at least 4 members (excludes halogenated alkanes) is 3. The van der Waals surface area contributed by atoms with E-state index in [2.05, 4.69) is 52.9 Å². The highest BCUT2D eigenvalue weighted by atomic mass is 79.9. The number of benzene rings is 1. The lowest BCUT2D eigenvalue weighted by molar-refractivity contribution is 0.708. The molecule has 1 N–H and O–H groups in total. The molecule has 0 fully saturated rings. The number of halogens is 1. The van der Waals surface area contributed by atoms with Crippen molar-refractivity contribution in [3.8, 4) is 0 Å². The van der Waals surface area contributed by atoms with E-state index in [0.29, 0.717) is 0 Å². The lowest BCUT2D eigenvalue weighted by atomic mass is 10.2. The van der Waals surface area contributed by atoms with Gasteiger partial charge in [0.05, 0.1) is 0 Å². The maximum Gasteiger partial charge on any atom is 0.0487 e. The summed E-state index contributed by atoms with van der Waals surface area (Å²) in [4.78, 5) is 0. The fourth-order valence-electron chi connectivity index (χ4n) is 1.59. The molecule has 1 rings (SSSR count). The minimum atomic E-state index is 1.04. The third kappa shape index (κ3) is 4.84. The van der Waals surface area contributed by atoms with Crippen LogP contribution in [-0.2, 0) is 0 Å². The summed E-state index contributed by atoms with van der Waals surface area (Å²) in [6.07, 6.45) is 6.86. The zero-order valence-corrected chi connectivity index (χ0v) is 11.5. The molecular formula is C14H20BrN. The van der Waals surface area contributed by atoms with Gasteiger partial charge in [0.15, 0.2) is 0 Å². The van der Waals surface area contributed by atoms with E-state index >= 15 is 0 Å². The summed E-state index contributed by atoms with van der Waals surface area (Å²) in [5.74, 6) is 0. The molecule has 0 heterocycles. The topological polar surface area (TPSA) is 12.0 Å². The summed E-state index contributed by atoms with van der Waals surface area (Å²) >= 11 is 3.55. The van der Waals surface area contributed by atoms with E-state index in [9.17, 15) is 0 Å². The molecule has 0 aliphatic heterocycles. The van der Waals surface area contributed by atoms with E-state index in [-0.39, 0.29) is 0 Å². The van der Waals surface area contributed by atoms with Gasteiger partial charge in [0, 0.05) is 16.7 Å². The van der Waals surface area contributed by atoms with Crippen LogP contribution in [0.5, 0.6) is 0 Å². The summed E-state index contributed by atoms with van der Waals surface area (Å²) in [7, 11) is 0. The van der Waals surface area contributed by atoms with E-state index < -0.39 is 0 Å². The number of hydrogen-bond acceptors (Lipinski definition) is 1. The number of aryl methyl sites for hydroxylation is 1. The highest BCUT2D eigenvalue weighted by Gasteiger charge is 1.98. The maximum atomic E-state index is 3.73. The van der Waals surface area contributed by atoms with Crippen LogP contribution in [0.25, 0.3) is 0 Å². The van der Waals surface area contributed by atoms with Crippen LogP contribution in [0.4, 0.5) is 5.69 Å². The van der Waals surface area contributed by atoms with Crippen LogP contribution in [0.2, 0.25) is 0 Å². The second-order valence-electron chi connectivity index (χ2n) is 4.05. The fourth-order valence-corrected chi connectivity index (χ4v) is 1.97. The predicted octanol–water partition coefficient (Wildman–Crippen LogP) is 4.92. The third-order valence-corrected chi connectivity index (χ3v) is 3.21. The average Bonchev–Trinajstić information content (AvgIpc) is 2.28. The molecule has 0 amide bonds. The minimum Gasteiger partial charge on any atom is -0.384 e. The predicted molar refractivity (Wildman–Crippen MR) is 76.0 cm³/mol. The standard InChI is InChI=1S/C14H20BrN/c1-3-4-5-6-7-10-16-14-11-12(2)8-9-13(14)15/h3,8-9,11,16H,1,4-7,10H2,2H3. The zero-order chi connectivity index (χ0) is 11.8. The van der Waals surface area contributed by atoms with Gasteiger partial charge in [0.1, 0.15) is 0 Å². The van der Waals surface area contributed by atoms with Gasteiger partial charge in [-0.05, 0) is 59.8 Å². The van der Waals surface area contributed by atoms with Crippen molar-refractivity contribution >= 4 is 21.6 Å². The molecule has 0 aliphatic rings. The Kier molecular flexibility index (Phi) is 6.24. The SMILES string of the molecule is C=CCCCCCNc1cc(C)ccc1Br. The van der Waals surface area contributed by atoms with Crippen LogP contribution in [0.1, 0.15) is 31.2 Å². The number of hydrogen-bond donors (Lipinski definition) is 1. The molecule has 1 aromatic rings. The summed E-state index contributed by atoms with van der Waals surface area (Å²) in [6.45, 7) is 6.88. The molecule has 0 bridgehead atoms. The van der Waals surface area contributed by atoms with Gasteiger partial charge >= 0.3 is 0 Å². The molecule has 0 saturated carbocycles. The van der Waals surface area contributed by atoms with Crippen molar-refractivity contribution in [2.45, 2.75) is 32.6 Å². The molecule has 0 saturated heterocycles. The molecule has 2 heteroatoms. The quantitative estimate of drug-likeness (QED) is 0.553. The van der Waals surface area contributed by atoms with Gasteiger partial charge in [0.2, 0.25) is 0 Å². The van der Waals surface area contributed by atoms with Crippen molar-refractivity contribution in [2.24, 2.45) is 0 Å². The Labute approximate surface area is 107 Å². The monoisotopic (exact) mass is 281 g/mol. The Balaban J connectivity index is 2.26. The fraction of sp³-hybridized carbons (Fsp3) is 0.429. The van der Waals surface area contributed by atoms with Crippen LogP contribution in [-0.4, -0.2) is 6.54 Å². The molecule has 88 valence electrons. The molecule has 0 radical (unpaired) electrons. The zero-order valence-electron chi connectivity index (χ0n) is 9.93. The maximum absolute atomic E-state index is 3.73. The van der Waals surface area contributed by atoms with Crippen molar-refractivity contribution in [3.63, 3.8) is 0 Å². The third-order valence-electron chi connectivity index (χ3n) is 2.52. The second kappa shape index (κ2) is 7.50. The van der Waals surface area contributed by atoms with Gasteiger partial charge in [-0.3, -0.25) is 0 Å². The molecule has 0 unspecified atom stereocenters. The van der Waals surface area contributed by atoms with Crippen molar-refractivity contribution in [1.82, 2.24) is 0 Å². The van der Waals surface area contributed by atoms with Crippen LogP contribution in [0.15, 0.2) is 35.3 Å². The Hall–Kier alpha value is -0.760. The first-order valence-electron chi connectivity index (χ1n) is 5.85. The van der Waals surface area contributed by atoms with Gasteiger partial charge in [-0.15, -0.1) is 6.58 Å². The highest BCUT2D eigenvalue weighted by molar-refractivity contribution is 9.10. The van der Waals surface area contributed by atoms with Crippen LogP contribution < -0.4 is 5.32 Å². The van der Waals surface area contributed by atoms with Crippen molar-refractivity contribution in [2.75, 3.05) is 11.9 Å². The van der Waals surface area contributed by atoms with Gasteiger partial charge in [-0.2, -0.15) is 0 Å². The Bertz CT molecular complexity index is 334. The number of allylic oxidation sites excluding steroid dienone is 1. The van der Waals surface area contributed by atoms with E-state index in [0.717, 1.165) is 17.4 Å². The number of rotatable bonds is 7. The average molecular weight is 282 g/mol. The molecular weight excluding hydrogens is 262 g/mol. The minimum absolute atomic E-state index is 1.04. The summed E-state index contributed by atoms with van der Waals surface area (Å²) in [5.41, 5.74) is 2.49. The van der Waals surface area contributed by atoms with Crippen LogP contribution in [0, 0.1) is 6.92 Å². The molecule has 0 atom stereocenters. The molecule has 0 spiro atoms. The van der Waals surface area contributed by atoms with E-state index in [1.165, 1.54) is 30.5 Å². The van der Waals surface area contributed by atoms with E-state index in [4.69, 9.17) is 0 Å². The number of nitrogens with one attached hydrogen (secondary N) is 1. The largest absolute Gasteiger partial charge is 0.384 e. The summed E-state index contributed by atoms with van der Waals surface area (Å²) in [5, 5.41) is 3.46.